The van der Waals surface area contributed by atoms with Gasteiger partial charge in [-0.3, -0.25) is 5.41 Å². The third-order valence-corrected chi connectivity index (χ3v) is 3.22. The lowest BCUT2D eigenvalue weighted by Gasteiger charge is -2.23. The molecule has 0 saturated carbocycles. The van der Waals surface area contributed by atoms with Crippen LogP contribution in [-0.2, 0) is 12.8 Å². The van der Waals surface area contributed by atoms with E-state index in [0.717, 1.165) is 25.0 Å². The summed E-state index contributed by atoms with van der Waals surface area (Å²) in [5.41, 5.74) is 8.60. The summed E-state index contributed by atoms with van der Waals surface area (Å²) in [4.78, 5) is 6.48. The van der Waals surface area contributed by atoms with Gasteiger partial charge in [-0.1, -0.05) is 0 Å². The lowest BCUT2D eigenvalue weighted by Crippen LogP contribution is -2.30. The van der Waals surface area contributed by atoms with Gasteiger partial charge < -0.3 is 15.7 Å². The minimum Gasteiger partial charge on any atom is -0.392 e. The van der Waals surface area contributed by atoms with Crippen LogP contribution >= 0.6 is 0 Å². The van der Waals surface area contributed by atoms with Crippen LogP contribution in [0.2, 0.25) is 0 Å². The summed E-state index contributed by atoms with van der Waals surface area (Å²) in [5, 5.41) is 17.1. The predicted octanol–water partition coefficient (Wildman–Crippen LogP) is 0.671. The number of amidine groups is 1. The molecule has 0 fully saturated rings. The molecule has 1 aliphatic rings. The molecule has 0 bridgehead atoms. The first kappa shape index (κ1) is 12.8. The molecule has 18 heavy (non-hydrogen) atoms. The third kappa shape index (κ3) is 2.46. The number of fused-ring (bicyclic) bond motifs is 1. The summed E-state index contributed by atoms with van der Waals surface area (Å²) in [5.74, 6) is 0.730. The third-order valence-electron chi connectivity index (χ3n) is 3.22. The highest BCUT2D eigenvalue weighted by atomic mass is 16.3. The highest BCUT2D eigenvalue weighted by Crippen LogP contribution is 2.26. The molecule has 0 amide bonds. The first-order chi connectivity index (χ1) is 8.49. The quantitative estimate of drug-likeness (QED) is 0.540. The number of likely N-dealkylation sites (N-methyl/N-ethyl adjacent to an activating group) is 1. The van der Waals surface area contributed by atoms with Gasteiger partial charge in [-0.15, -0.1) is 0 Å². The van der Waals surface area contributed by atoms with Crippen LogP contribution in [-0.4, -0.2) is 35.6 Å². The summed E-state index contributed by atoms with van der Waals surface area (Å²) in [6, 6.07) is 1.98. The number of aryl methyl sites for hydroxylation is 2. The Morgan fingerprint density at radius 3 is 2.94 bits per heavy atom. The molecule has 2 rings (SSSR count). The van der Waals surface area contributed by atoms with Crippen molar-refractivity contribution in [1.29, 1.82) is 5.41 Å². The number of rotatable bonds is 4. The van der Waals surface area contributed by atoms with E-state index >= 15 is 0 Å². The van der Waals surface area contributed by atoms with Crippen molar-refractivity contribution in [2.24, 2.45) is 5.73 Å². The normalized spacial score (nSPS) is 15.3. The highest BCUT2D eigenvalue weighted by molar-refractivity contribution is 5.99. The zero-order valence-electron chi connectivity index (χ0n) is 10.9. The summed E-state index contributed by atoms with van der Waals surface area (Å²) in [6.45, 7) is 2.21. The predicted molar refractivity (Wildman–Crippen MR) is 72.2 cm³/mol. The number of nitrogens with one attached hydrogen (secondary N) is 1. The fraction of sp³-hybridized carbons (Fsp3) is 0.538. The topological polar surface area (TPSA) is 86.2 Å². The number of hydrogen-bond donors (Lipinski definition) is 3. The Morgan fingerprint density at radius 1 is 1.61 bits per heavy atom. The van der Waals surface area contributed by atoms with Crippen LogP contribution in [0, 0.1) is 5.41 Å². The monoisotopic (exact) mass is 248 g/mol. The van der Waals surface area contributed by atoms with Crippen LogP contribution in [0.5, 0.6) is 0 Å². The number of aromatic nitrogens is 1. The molecular weight excluding hydrogens is 228 g/mol. The molecule has 1 aromatic heterocycles. The standard InChI is InChI=1S/C13H20N4O/c1-8(18)7-17(2)13-10(12(14)15)6-9-4-3-5-11(9)16-13/h6,8,18H,3-5,7H2,1-2H3,(H3,14,15). The first-order valence-corrected chi connectivity index (χ1v) is 6.25. The second-order valence-corrected chi connectivity index (χ2v) is 4.96. The summed E-state index contributed by atoms with van der Waals surface area (Å²) in [6.07, 6.45) is 2.68. The fourth-order valence-electron chi connectivity index (χ4n) is 2.43. The molecule has 1 atom stereocenters. The van der Waals surface area contributed by atoms with Gasteiger partial charge in [0, 0.05) is 19.3 Å². The maximum Gasteiger partial charge on any atom is 0.139 e. The maximum absolute atomic E-state index is 9.45. The van der Waals surface area contributed by atoms with Crippen LogP contribution in [0.25, 0.3) is 0 Å². The lowest BCUT2D eigenvalue weighted by molar-refractivity contribution is 0.201. The molecule has 1 aromatic rings. The lowest BCUT2D eigenvalue weighted by atomic mass is 10.1. The molecule has 0 aliphatic heterocycles. The number of hydrogen-bond acceptors (Lipinski definition) is 4. The van der Waals surface area contributed by atoms with E-state index in [1.54, 1.807) is 6.92 Å². The van der Waals surface area contributed by atoms with E-state index in [1.807, 2.05) is 18.0 Å². The maximum atomic E-state index is 9.45. The van der Waals surface area contributed by atoms with Gasteiger partial charge >= 0.3 is 0 Å². The Bertz CT molecular complexity index is 470. The van der Waals surface area contributed by atoms with Crippen LogP contribution in [0.15, 0.2) is 6.07 Å². The minimum absolute atomic E-state index is 0.0321. The van der Waals surface area contributed by atoms with Gasteiger partial charge in [0.2, 0.25) is 0 Å². The minimum atomic E-state index is -0.440. The molecule has 1 heterocycles. The number of anilines is 1. The Hall–Kier alpha value is -1.62. The average molecular weight is 248 g/mol. The van der Waals surface area contributed by atoms with E-state index in [-0.39, 0.29) is 5.84 Å². The molecule has 1 aliphatic carbocycles. The Balaban J connectivity index is 2.41. The first-order valence-electron chi connectivity index (χ1n) is 6.25. The van der Waals surface area contributed by atoms with E-state index < -0.39 is 6.10 Å². The number of aliphatic hydroxyl groups excluding tert-OH is 1. The van der Waals surface area contributed by atoms with Gasteiger partial charge in [-0.05, 0) is 37.8 Å². The number of aliphatic hydroxyl groups is 1. The molecule has 4 N–H and O–H groups in total. The van der Waals surface area contributed by atoms with E-state index in [1.165, 1.54) is 5.56 Å². The Morgan fingerprint density at radius 2 is 2.33 bits per heavy atom. The van der Waals surface area contributed by atoms with Crippen molar-refractivity contribution in [3.05, 3.63) is 22.9 Å². The SMILES string of the molecule is CC(O)CN(C)c1nc2c(cc1C(=N)N)CCC2. The second-order valence-electron chi connectivity index (χ2n) is 4.96. The van der Waals surface area contributed by atoms with Crippen molar-refractivity contribution in [1.82, 2.24) is 4.98 Å². The van der Waals surface area contributed by atoms with E-state index in [0.29, 0.717) is 17.9 Å². The van der Waals surface area contributed by atoms with Crippen LogP contribution in [0.3, 0.4) is 0 Å². The molecule has 0 radical (unpaired) electrons. The zero-order valence-corrected chi connectivity index (χ0v) is 10.9. The largest absolute Gasteiger partial charge is 0.392 e. The summed E-state index contributed by atoms with van der Waals surface area (Å²) >= 11 is 0. The zero-order chi connectivity index (χ0) is 13.3. The van der Waals surface area contributed by atoms with Crippen molar-refractivity contribution < 1.29 is 5.11 Å². The molecule has 0 saturated heterocycles. The summed E-state index contributed by atoms with van der Waals surface area (Å²) < 4.78 is 0. The fourth-order valence-corrected chi connectivity index (χ4v) is 2.43. The molecule has 0 aromatic carbocycles. The van der Waals surface area contributed by atoms with Crippen LogP contribution in [0.4, 0.5) is 5.82 Å². The molecule has 1 unspecified atom stereocenters. The van der Waals surface area contributed by atoms with Crippen molar-refractivity contribution in [2.45, 2.75) is 32.3 Å². The van der Waals surface area contributed by atoms with Crippen molar-refractivity contribution in [3.8, 4) is 0 Å². The molecule has 5 heteroatoms. The van der Waals surface area contributed by atoms with Crippen molar-refractivity contribution in [3.63, 3.8) is 0 Å². The van der Waals surface area contributed by atoms with Gasteiger partial charge in [-0.2, -0.15) is 0 Å². The molecule has 0 spiro atoms. The number of nitrogens with two attached hydrogens (primary N) is 1. The van der Waals surface area contributed by atoms with Gasteiger partial charge in [0.1, 0.15) is 11.7 Å². The number of nitrogen functional groups attached to an aromatic ring is 1. The Kier molecular flexibility index (Phi) is 3.52. The number of pyridine rings is 1. The van der Waals surface area contributed by atoms with Crippen molar-refractivity contribution in [2.75, 3.05) is 18.5 Å². The van der Waals surface area contributed by atoms with E-state index in [9.17, 15) is 5.11 Å². The smallest absolute Gasteiger partial charge is 0.139 e. The van der Waals surface area contributed by atoms with Crippen molar-refractivity contribution >= 4 is 11.7 Å². The van der Waals surface area contributed by atoms with Crippen LogP contribution in [0.1, 0.15) is 30.2 Å². The van der Waals surface area contributed by atoms with E-state index in [2.05, 4.69) is 4.98 Å². The Labute approximate surface area is 107 Å². The van der Waals surface area contributed by atoms with Gasteiger partial charge in [0.25, 0.3) is 0 Å². The van der Waals surface area contributed by atoms with Gasteiger partial charge in [0.15, 0.2) is 0 Å². The summed E-state index contributed by atoms with van der Waals surface area (Å²) in [7, 11) is 1.86. The van der Waals surface area contributed by atoms with Gasteiger partial charge in [-0.25, -0.2) is 4.98 Å². The number of nitrogens with zero attached hydrogens (tertiary/aromatic N) is 2. The van der Waals surface area contributed by atoms with Gasteiger partial charge in [0.05, 0.1) is 11.7 Å². The highest BCUT2D eigenvalue weighted by Gasteiger charge is 2.20. The molecule has 98 valence electrons. The second kappa shape index (κ2) is 4.94. The molecule has 5 nitrogen and oxygen atoms in total. The molecular formula is C13H20N4O. The van der Waals surface area contributed by atoms with Crippen LogP contribution < -0.4 is 10.6 Å². The average Bonchev–Trinajstić information content (AvgIpc) is 2.72. The van der Waals surface area contributed by atoms with E-state index in [4.69, 9.17) is 11.1 Å².